The third kappa shape index (κ3) is 19.2. The lowest BCUT2D eigenvalue weighted by atomic mass is 9.67. The summed E-state index contributed by atoms with van der Waals surface area (Å²) in [7, 11) is 3.13. The van der Waals surface area contributed by atoms with E-state index >= 15 is 0 Å². The van der Waals surface area contributed by atoms with Gasteiger partial charge in [-0.05, 0) is 59.3 Å². The summed E-state index contributed by atoms with van der Waals surface area (Å²) in [5.41, 5.74) is -1.64. The van der Waals surface area contributed by atoms with Crippen LogP contribution < -0.4 is 21.3 Å². The Kier molecular flexibility index (Phi) is 22.5. The minimum absolute atomic E-state index is 0.0358. The van der Waals surface area contributed by atoms with Gasteiger partial charge < -0.3 is 36.6 Å². The van der Waals surface area contributed by atoms with Crippen LogP contribution in [0.25, 0.3) is 0 Å². The topological polar surface area (TPSA) is 232 Å². The van der Waals surface area contributed by atoms with E-state index in [9.17, 15) is 38.7 Å². The normalized spacial score (nSPS) is 14.8. The molecule has 0 saturated heterocycles. The molecule has 4 unspecified atom stereocenters. The standard InChI is InChI=1S/C34H59N5O10S2/c1-9-33(7,31(48)37-15-17-51-50-16-14-35-28(44)22(2)3)21-34(8,18-24(6)29(45)38-23(4)5)32(49)36-13-11-10-12-25(30(46)47)39(19-26(40)41)20-27(42)43/h23-25H,2,9-21H2,1,3-8H3,(H,35,44)(H,36,49)(H,37,48)(H,38,45)(H,40,41)(H,42,43)(H,46,47). The summed E-state index contributed by atoms with van der Waals surface area (Å²) in [5, 5.41) is 39.4. The SMILES string of the molecule is C=C(C)C(=O)NCCSSCCNC(=O)C(C)(CC)CC(C)(CC(C)C(=O)NC(C)C)C(=O)NCCCCC(C(=O)O)N(CC(=O)O)CC(=O)O. The molecule has 0 aromatic carbocycles. The average molecular weight is 762 g/mol. The van der Waals surface area contributed by atoms with Gasteiger partial charge in [0.25, 0.3) is 0 Å². The maximum atomic E-state index is 13.8. The molecule has 292 valence electrons. The number of hydrogen-bond donors (Lipinski definition) is 7. The molecule has 0 aliphatic rings. The zero-order chi connectivity index (χ0) is 39.4. The largest absolute Gasteiger partial charge is 0.480 e. The van der Waals surface area contributed by atoms with Crippen molar-refractivity contribution in [3.63, 3.8) is 0 Å². The highest BCUT2D eigenvalue weighted by atomic mass is 33.1. The fourth-order valence-electron chi connectivity index (χ4n) is 5.53. The van der Waals surface area contributed by atoms with Crippen LogP contribution in [0.3, 0.4) is 0 Å². The molecule has 0 bridgehead atoms. The number of carbonyl (C=O) groups is 7. The Balaban J connectivity index is 5.54. The molecule has 0 aromatic heterocycles. The molecule has 0 spiro atoms. The highest BCUT2D eigenvalue weighted by molar-refractivity contribution is 8.76. The van der Waals surface area contributed by atoms with Crippen LogP contribution in [0.15, 0.2) is 12.2 Å². The maximum absolute atomic E-state index is 13.8. The van der Waals surface area contributed by atoms with Crippen molar-refractivity contribution in [2.24, 2.45) is 16.7 Å². The Hall–Kier alpha value is -3.31. The number of rotatable bonds is 28. The first kappa shape index (κ1) is 47.7. The van der Waals surface area contributed by atoms with Gasteiger partial charge in [-0.3, -0.25) is 38.5 Å². The van der Waals surface area contributed by atoms with E-state index in [0.29, 0.717) is 43.0 Å². The molecule has 0 aliphatic carbocycles. The summed E-state index contributed by atoms with van der Waals surface area (Å²) >= 11 is 0. The number of nitrogens with zero attached hydrogens (tertiary/aromatic N) is 1. The van der Waals surface area contributed by atoms with Crippen LogP contribution in [0.1, 0.15) is 87.0 Å². The molecule has 0 aliphatic heterocycles. The molecule has 0 rings (SSSR count). The number of hydrogen-bond acceptors (Lipinski definition) is 10. The minimum Gasteiger partial charge on any atom is -0.480 e. The van der Waals surface area contributed by atoms with E-state index in [1.807, 2.05) is 20.8 Å². The zero-order valence-corrected chi connectivity index (χ0v) is 32.7. The molecule has 4 atom stereocenters. The number of amides is 4. The van der Waals surface area contributed by atoms with Crippen LogP contribution in [-0.2, 0) is 33.6 Å². The fourth-order valence-corrected chi connectivity index (χ4v) is 7.34. The smallest absolute Gasteiger partial charge is 0.320 e. The van der Waals surface area contributed by atoms with Gasteiger partial charge in [0.15, 0.2) is 0 Å². The average Bonchev–Trinajstić information content (AvgIpc) is 3.01. The minimum atomic E-state index is -1.35. The predicted octanol–water partition coefficient (Wildman–Crippen LogP) is 2.75. The third-order valence-corrected chi connectivity index (χ3v) is 10.7. The van der Waals surface area contributed by atoms with Crippen molar-refractivity contribution >= 4 is 63.1 Å². The van der Waals surface area contributed by atoms with Crippen molar-refractivity contribution in [1.82, 2.24) is 26.2 Å². The highest BCUT2D eigenvalue weighted by Gasteiger charge is 2.45. The molecule has 7 N–H and O–H groups in total. The van der Waals surface area contributed by atoms with Crippen LogP contribution in [0.5, 0.6) is 0 Å². The Morgan fingerprint density at radius 3 is 1.76 bits per heavy atom. The number of nitrogens with one attached hydrogen (secondary N) is 4. The van der Waals surface area contributed by atoms with E-state index < -0.39 is 53.8 Å². The van der Waals surface area contributed by atoms with Crippen LogP contribution in [0.4, 0.5) is 0 Å². The predicted molar refractivity (Wildman–Crippen MR) is 199 cm³/mol. The second-order valence-electron chi connectivity index (χ2n) is 13.7. The molecule has 0 heterocycles. The van der Waals surface area contributed by atoms with Crippen LogP contribution in [0.2, 0.25) is 0 Å². The van der Waals surface area contributed by atoms with Gasteiger partial charge in [0, 0.05) is 59.5 Å². The van der Waals surface area contributed by atoms with Gasteiger partial charge in [-0.2, -0.15) is 0 Å². The van der Waals surface area contributed by atoms with Gasteiger partial charge in [0.1, 0.15) is 6.04 Å². The summed E-state index contributed by atoms with van der Waals surface area (Å²) in [4.78, 5) is 86.9. The first-order valence-corrected chi connectivity index (χ1v) is 19.6. The van der Waals surface area contributed by atoms with Crippen molar-refractivity contribution in [1.29, 1.82) is 0 Å². The van der Waals surface area contributed by atoms with Crippen molar-refractivity contribution in [3.05, 3.63) is 12.2 Å². The van der Waals surface area contributed by atoms with Gasteiger partial charge in [-0.1, -0.05) is 55.9 Å². The van der Waals surface area contributed by atoms with E-state index in [0.717, 1.165) is 4.90 Å². The molecule has 15 nitrogen and oxygen atoms in total. The Labute approximate surface area is 309 Å². The quantitative estimate of drug-likeness (QED) is 0.0346. The summed E-state index contributed by atoms with van der Waals surface area (Å²) in [5.74, 6) is -4.26. The lowest BCUT2D eigenvalue weighted by Gasteiger charge is -2.38. The molecule has 51 heavy (non-hydrogen) atoms. The molecule has 0 radical (unpaired) electrons. The van der Waals surface area contributed by atoms with E-state index in [2.05, 4.69) is 27.8 Å². The zero-order valence-electron chi connectivity index (χ0n) is 31.1. The van der Waals surface area contributed by atoms with Crippen LogP contribution >= 0.6 is 21.6 Å². The number of carboxylic acid groups (broad SMARTS) is 3. The monoisotopic (exact) mass is 761 g/mol. The molecule has 0 saturated carbocycles. The summed E-state index contributed by atoms with van der Waals surface area (Å²) < 4.78 is 0. The summed E-state index contributed by atoms with van der Waals surface area (Å²) in [6.45, 7) is 15.6. The first-order valence-electron chi connectivity index (χ1n) is 17.1. The molecular formula is C34H59N5O10S2. The molecule has 4 amide bonds. The van der Waals surface area contributed by atoms with E-state index in [1.165, 1.54) is 0 Å². The van der Waals surface area contributed by atoms with Crippen LogP contribution in [-0.4, -0.2) is 118 Å². The second kappa shape index (κ2) is 24.0. The number of aliphatic carboxylic acids is 3. The van der Waals surface area contributed by atoms with E-state index in [1.54, 1.807) is 49.3 Å². The molecule has 17 heteroatoms. The van der Waals surface area contributed by atoms with Gasteiger partial charge in [0.2, 0.25) is 23.6 Å². The summed E-state index contributed by atoms with van der Waals surface area (Å²) in [6, 6.07) is -1.44. The molecular weight excluding hydrogens is 703 g/mol. The lowest BCUT2D eigenvalue weighted by molar-refractivity contribution is -0.150. The van der Waals surface area contributed by atoms with Gasteiger partial charge >= 0.3 is 17.9 Å². The third-order valence-electron chi connectivity index (χ3n) is 8.30. The van der Waals surface area contributed by atoms with E-state index in [-0.39, 0.29) is 61.9 Å². The fraction of sp³-hybridized carbons (Fsp3) is 0.735. The van der Waals surface area contributed by atoms with Crippen molar-refractivity contribution in [3.8, 4) is 0 Å². The van der Waals surface area contributed by atoms with E-state index in [4.69, 9.17) is 10.2 Å². The molecule has 0 fully saturated rings. The lowest BCUT2D eigenvalue weighted by Crippen LogP contribution is -2.49. The second-order valence-corrected chi connectivity index (χ2v) is 16.4. The Morgan fingerprint density at radius 2 is 1.29 bits per heavy atom. The maximum Gasteiger partial charge on any atom is 0.320 e. The van der Waals surface area contributed by atoms with Crippen molar-refractivity contribution in [2.75, 3.05) is 44.2 Å². The Bertz CT molecular complexity index is 1200. The Morgan fingerprint density at radius 1 is 0.784 bits per heavy atom. The van der Waals surface area contributed by atoms with Gasteiger partial charge in [0.05, 0.1) is 13.1 Å². The van der Waals surface area contributed by atoms with Crippen molar-refractivity contribution in [2.45, 2.75) is 99.1 Å². The van der Waals surface area contributed by atoms with Gasteiger partial charge in [-0.25, -0.2) is 0 Å². The van der Waals surface area contributed by atoms with Crippen molar-refractivity contribution < 1.29 is 48.9 Å². The highest BCUT2D eigenvalue weighted by Crippen LogP contribution is 2.41. The molecule has 0 aromatic rings. The number of carboxylic acids is 3. The number of carbonyl (C=O) groups excluding carboxylic acids is 4. The number of unbranched alkanes of at least 4 members (excludes halogenated alkanes) is 1. The van der Waals surface area contributed by atoms with Gasteiger partial charge in [-0.15, -0.1) is 0 Å². The van der Waals surface area contributed by atoms with Crippen LogP contribution in [0, 0.1) is 16.7 Å². The summed E-state index contributed by atoms with van der Waals surface area (Å²) in [6.07, 6.45) is 1.29. The first-order chi connectivity index (χ1) is 23.7.